The van der Waals surface area contributed by atoms with Gasteiger partial charge in [-0.05, 0) is 61.0 Å². The van der Waals surface area contributed by atoms with Crippen LogP contribution in [-0.2, 0) is 0 Å². The lowest BCUT2D eigenvalue weighted by Gasteiger charge is -2.19. The molecule has 5 nitrogen and oxygen atoms in total. The van der Waals surface area contributed by atoms with Gasteiger partial charge in [-0.15, -0.1) is 0 Å². The van der Waals surface area contributed by atoms with E-state index in [4.69, 9.17) is 21.7 Å². The first-order valence-electron chi connectivity index (χ1n) is 8.76. The highest BCUT2D eigenvalue weighted by atomic mass is 32.1. The number of nitrogens with zero attached hydrogens (tertiary/aromatic N) is 1. The van der Waals surface area contributed by atoms with Gasteiger partial charge in [0.05, 0.1) is 19.9 Å². The summed E-state index contributed by atoms with van der Waals surface area (Å²) in [5.41, 5.74) is 2.11. The summed E-state index contributed by atoms with van der Waals surface area (Å²) in [5.74, 6) is 2.23. The second-order valence-electron chi connectivity index (χ2n) is 6.33. The van der Waals surface area contributed by atoms with E-state index < -0.39 is 0 Å². The normalized spacial score (nSPS) is 16.2. The van der Waals surface area contributed by atoms with Crippen LogP contribution in [0.4, 0.5) is 11.4 Å². The van der Waals surface area contributed by atoms with E-state index in [-0.39, 0.29) is 0 Å². The van der Waals surface area contributed by atoms with Crippen molar-refractivity contribution in [1.82, 2.24) is 5.32 Å². The van der Waals surface area contributed by atoms with Gasteiger partial charge in [-0.25, -0.2) is 0 Å². The van der Waals surface area contributed by atoms with Crippen LogP contribution in [0.15, 0.2) is 48.5 Å². The van der Waals surface area contributed by atoms with Crippen molar-refractivity contribution in [3.05, 3.63) is 48.5 Å². The van der Waals surface area contributed by atoms with Crippen molar-refractivity contribution in [3.63, 3.8) is 0 Å². The van der Waals surface area contributed by atoms with Crippen molar-refractivity contribution in [2.45, 2.75) is 6.42 Å². The van der Waals surface area contributed by atoms with Gasteiger partial charge in [0.25, 0.3) is 0 Å². The molecule has 0 amide bonds. The number of hydrogen-bond acceptors (Lipinski definition) is 4. The summed E-state index contributed by atoms with van der Waals surface area (Å²) < 4.78 is 10.6. The molecule has 0 spiro atoms. The molecule has 1 saturated heterocycles. The molecule has 0 unspecified atom stereocenters. The number of anilines is 2. The van der Waals surface area contributed by atoms with Gasteiger partial charge in [0.1, 0.15) is 11.5 Å². The molecule has 0 radical (unpaired) electrons. The first-order chi connectivity index (χ1) is 12.7. The number of hydrogen-bond donors (Lipinski definition) is 2. The highest BCUT2D eigenvalue weighted by Crippen LogP contribution is 2.26. The maximum Gasteiger partial charge on any atom is 0.170 e. The minimum Gasteiger partial charge on any atom is -0.497 e. The summed E-state index contributed by atoms with van der Waals surface area (Å²) in [5, 5.41) is 7.16. The number of nitrogens with one attached hydrogen (secondary N) is 2. The number of rotatable bonds is 6. The van der Waals surface area contributed by atoms with Gasteiger partial charge in [0.15, 0.2) is 5.11 Å². The Morgan fingerprint density at radius 3 is 2.62 bits per heavy atom. The Kier molecular flexibility index (Phi) is 6.17. The molecule has 6 heteroatoms. The summed E-state index contributed by atoms with van der Waals surface area (Å²) >= 11 is 5.42. The second-order valence-corrected chi connectivity index (χ2v) is 6.74. The number of ether oxygens (including phenoxy) is 2. The van der Waals surface area contributed by atoms with Crippen molar-refractivity contribution >= 4 is 28.7 Å². The van der Waals surface area contributed by atoms with Crippen LogP contribution in [0.3, 0.4) is 0 Å². The summed E-state index contributed by atoms with van der Waals surface area (Å²) in [4.78, 5) is 2.41. The molecule has 0 saturated carbocycles. The zero-order valence-corrected chi connectivity index (χ0v) is 16.0. The fraction of sp³-hybridized carbons (Fsp3) is 0.350. The average molecular weight is 372 g/mol. The van der Waals surface area contributed by atoms with E-state index in [9.17, 15) is 0 Å². The van der Waals surface area contributed by atoms with Crippen molar-refractivity contribution in [2.75, 3.05) is 44.1 Å². The van der Waals surface area contributed by atoms with Crippen LogP contribution >= 0.6 is 12.2 Å². The van der Waals surface area contributed by atoms with Crippen LogP contribution in [0.25, 0.3) is 0 Å². The Labute approximate surface area is 160 Å². The molecule has 2 N–H and O–H groups in total. The summed E-state index contributed by atoms with van der Waals surface area (Å²) in [6.45, 7) is 2.94. The Bertz CT molecular complexity index is 736. The minimum absolute atomic E-state index is 0.564. The molecule has 0 aromatic heterocycles. The van der Waals surface area contributed by atoms with Crippen LogP contribution < -0.4 is 25.0 Å². The van der Waals surface area contributed by atoms with E-state index in [1.54, 1.807) is 14.2 Å². The monoisotopic (exact) mass is 371 g/mol. The van der Waals surface area contributed by atoms with Crippen molar-refractivity contribution < 1.29 is 9.47 Å². The molecule has 3 rings (SSSR count). The SMILES string of the molecule is COc1ccc(N2CC[C@H](CNC(=S)Nc3ccccc3OC)C2)cc1. The number of para-hydroxylation sites is 2. The Hall–Kier alpha value is -2.47. The Balaban J connectivity index is 1.47. The number of methoxy groups -OCH3 is 2. The van der Waals surface area contributed by atoms with E-state index in [0.717, 1.165) is 43.2 Å². The highest BCUT2D eigenvalue weighted by molar-refractivity contribution is 7.80. The third kappa shape index (κ3) is 4.58. The highest BCUT2D eigenvalue weighted by Gasteiger charge is 2.22. The average Bonchev–Trinajstić information content (AvgIpc) is 3.16. The van der Waals surface area contributed by atoms with Gasteiger partial charge in [0, 0.05) is 25.3 Å². The lowest BCUT2D eigenvalue weighted by molar-refractivity contribution is 0.415. The molecule has 26 heavy (non-hydrogen) atoms. The van der Waals surface area contributed by atoms with Gasteiger partial charge in [0.2, 0.25) is 0 Å². The predicted molar refractivity (Wildman–Crippen MR) is 111 cm³/mol. The topological polar surface area (TPSA) is 45.8 Å². The Morgan fingerprint density at radius 1 is 1.12 bits per heavy atom. The van der Waals surface area contributed by atoms with Crippen LogP contribution in [0.5, 0.6) is 11.5 Å². The van der Waals surface area contributed by atoms with Gasteiger partial charge < -0.3 is 25.0 Å². The standard InChI is InChI=1S/C20H25N3O2S/c1-24-17-9-7-16(8-10-17)23-12-11-15(14-23)13-21-20(26)22-18-5-3-4-6-19(18)25-2/h3-10,15H,11-14H2,1-2H3,(H2,21,22,26)/t15-/m1/s1. The largest absolute Gasteiger partial charge is 0.497 e. The first kappa shape index (κ1) is 18.3. The second kappa shape index (κ2) is 8.76. The lowest BCUT2D eigenvalue weighted by atomic mass is 10.1. The van der Waals surface area contributed by atoms with E-state index in [0.29, 0.717) is 11.0 Å². The Morgan fingerprint density at radius 2 is 1.88 bits per heavy atom. The molecule has 0 aliphatic carbocycles. The maximum atomic E-state index is 5.42. The van der Waals surface area contributed by atoms with E-state index in [1.807, 2.05) is 36.4 Å². The summed E-state index contributed by atoms with van der Waals surface area (Å²) in [7, 11) is 3.35. The maximum absolute atomic E-state index is 5.42. The molecule has 0 bridgehead atoms. The van der Waals surface area contributed by atoms with Crippen molar-refractivity contribution in [3.8, 4) is 11.5 Å². The molecular weight excluding hydrogens is 346 g/mol. The quantitative estimate of drug-likeness (QED) is 0.758. The van der Waals surface area contributed by atoms with Gasteiger partial charge in [-0.1, -0.05) is 12.1 Å². The van der Waals surface area contributed by atoms with Gasteiger partial charge in [-0.2, -0.15) is 0 Å². The van der Waals surface area contributed by atoms with Gasteiger partial charge >= 0.3 is 0 Å². The van der Waals surface area contributed by atoms with E-state index in [1.165, 1.54) is 5.69 Å². The molecular formula is C20H25N3O2S. The molecule has 1 fully saturated rings. The molecule has 1 heterocycles. The number of benzene rings is 2. The van der Waals surface area contributed by atoms with Crippen molar-refractivity contribution in [2.24, 2.45) is 5.92 Å². The fourth-order valence-corrected chi connectivity index (χ4v) is 3.37. The lowest BCUT2D eigenvalue weighted by Crippen LogP contribution is -2.34. The molecule has 2 aromatic rings. The first-order valence-corrected chi connectivity index (χ1v) is 9.17. The minimum atomic E-state index is 0.564. The van der Waals surface area contributed by atoms with Crippen molar-refractivity contribution in [1.29, 1.82) is 0 Å². The third-order valence-corrected chi connectivity index (χ3v) is 4.88. The molecule has 1 atom stereocenters. The predicted octanol–water partition coefficient (Wildman–Crippen LogP) is 3.52. The van der Waals surface area contributed by atoms with E-state index >= 15 is 0 Å². The van der Waals surface area contributed by atoms with Crippen LogP contribution in [0.2, 0.25) is 0 Å². The van der Waals surface area contributed by atoms with E-state index in [2.05, 4.69) is 27.7 Å². The van der Waals surface area contributed by atoms with Crippen LogP contribution in [0.1, 0.15) is 6.42 Å². The molecule has 138 valence electrons. The molecule has 2 aromatic carbocycles. The van der Waals surface area contributed by atoms with Crippen LogP contribution in [-0.4, -0.2) is 39.0 Å². The zero-order chi connectivity index (χ0) is 18.4. The number of thiocarbonyl (C=S) groups is 1. The van der Waals surface area contributed by atoms with Crippen LogP contribution in [0, 0.1) is 5.92 Å². The third-order valence-electron chi connectivity index (χ3n) is 4.63. The zero-order valence-electron chi connectivity index (χ0n) is 15.2. The van der Waals surface area contributed by atoms with Gasteiger partial charge in [-0.3, -0.25) is 0 Å². The summed E-state index contributed by atoms with van der Waals surface area (Å²) in [6.07, 6.45) is 1.15. The summed E-state index contributed by atoms with van der Waals surface area (Å²) in [6, 6.07) is 16.0. The molecule has 1 aliphatic heterocycles. The molecule has 1 aliphatic rings. The smallest absolute Gasteiger partial charge is 0.170 e. The fourth-order valence-electron chi connectivity index (χ4n) is 3.18.